The number of nitrogen functional groups attached to an aromatic ring is 1. The zero-order chi connectivity index (χ0) is 29.5. The second-order valence-electron chi connectivity index (χ2n) is 9.39. The molecule has 3 N–H and O–H groups in total. The van der Waals surface area contributed by atoms with Gasteiger partial charge in [0, 0.05) is 19.6 Å². The summed E-state index contributed by atoms with van der Waals surface area (Å²) >= 11 is 3.58. The normalized spacial score (nSPS) is 13.9. The predicted molar refractivity (Wildman–Crippen MR) is 156 cm³/mol. The largest absolute Gasteiger partial charge is 0.490 e. The summed E-state index contributed by atoms with van der Waals surface area (Å²) in [7, 11) is 0. The van der Waals surface area contributed by atoms with Crippen LogP contribution in [0.1, 0.15) is 39.8 Å². The molecule has 0 radical (unpaired) electrons. The zero-order valence-corrected chi connectivity index (χ0v) is 24.7. The van der Waals surface area contributed by atoms with Crippen LogP contribution in [0.25, 0.3) is 5.82 Å². The van der Waals surface area contributed by atoms with E-state index in [1.165, 1.54) is 16.5 Å². The third-order valence-corrected chi connectivity index (χ3v) is 6.93. The van der Waals surface area contributed by atoms with Crippen LogP contribution in [0.2, 0.25) is 0 Å². The van der Waals surface area contributed by atoms with Gasteiger partial charge in [-0.25, -0.2) is 10.1 Å². The van der Waals surface area contributed by atoms with Crippen LogP contribution < -0.4 is 20.6 Å². The molecule has 1 amide bonds. The van der Waals surface area contributed by atoms with Crippen molar-refractivity contribution in [1.82, 2.24) is 35.6 Å². The monoisotopic (exact) mass is 639 g/mol. The Morgan fingerprint density at radius 3 is 2.69 bits per heavy atom. The van der Waals surface area contributed by atoms with E-state index in [0.29, 0.717) is 73.3 Å². The Morgan fingerprint density at radius 2 is 1.98 bits per heavy atom. The van der Waals surface area contributed by atoms with Crippen molar-refractivity contribution in [3.05, 3.63) is 68.9 Å². The molecule has 220 valence electrons. The van der Waals surface area contributed by atoms with Crippen LogP contribution in [-0.2, 0) is 17.9 Å². The third-order valence-electron chi connectivity index (χ3n) is 6.34. The Balaban J connectivity index is 1.33. The average Bonchev–Trinajstić information content (AvgIpc) is 3.59. The summed E-state index contributed by atoms with van der Waals surface area (Å²) in [5, 5.41) is 19.8. The SMILES string of the molecule is CCOc1cc(/C=N\NC(=O)c2c(CN3CCOCC3)nnn2-c2nonc2N)cc(Br)c1OCc1ccc(C)cc1. The van der Waals surface area contributed by atoms with Crippen LogP contribution in [0.15, 0.2) is 50.6 Å². The Morgan fingerprint density at radius 1 is 1.19 bits per heavy atom. The van der Waals surface area contributed by atoms with Gasteiger partial charge in [-0.1, -0.05) is 35.0 Å². The Kier molecular flexibility index (Phi) is 9.41. The molecule has 4 aromatic rings. The lowest BCUT2D eigenvalue weighted by atomic mass is 10.1. The van der Waals surface area contributed by atoms with Crippen molar-refractivity contribution in [2.24, 2.45) is 5.10 Å². The summed E-state index contributed by atoms with van der Waals surface area (Å²) in [5.74, 6) is 0.560. The number of nitrogens with two attached hydrogens (primary N) is 1. The van der Waals surface area contributed by atoms with Gasteiger partial charge in [-0.3, -0.25) is 9.69 Å². The standard InChI is InChI=1S/C27H30BrN9O5/c1-3-40-22-13-19(12-20(28)24(22)41-16-18-6-4-17(2)5-7-18)14-30-32-27(38)23-21(15-36-8-10-39-11-9-36)31-35-37(23)26-25(29)33-42-34-26/h4-7,12-14H,3,8-11,15-16H2,1-2H3,(H2,29,33)(H,32,38)/b30-14-. The number of nitrogens with zero attached hydrogens (tertiary/aromatic N) is 7. The molecule has 1 aliphatic heterocycles. The molecular weight excluding hydrogens is 610 g/mol. The molecular formula is C27H30BrN9O5. The summed E-state index contributed by atoms with van der Waals surface area (Å²) in [6.45, 7) is 7.69. The summed E-state index contributed by atoms with van der Waals surface area (Å²) in [4.78, 5) is 15.5. The van der Waals surface area contributed by atoms with Crippen LogP contribution in [0.5, 0.6) is 11.5 Å². The minimum absolute atomic E-state index is 0.0339. The molecule has 2 aromatic carbocycles. The van der Waals surface area contributed by atoms with Crippen molar-refractivity contribution in [3.63, 3.8) is 0 Å². The number of halogens is 1. The molecule has 42 heavy (non-hydrogen) atoms. The van der Waals surface area contributed by atoms with Crippen molar-refractivity contribution in [1.29, 1.82) is 0 Å². The van der Waals surface area contributed by atoms with Crippen LogP contribution >= 0.6 is 15.9 Å². The maximum Gasteiger partial charge on any atom is 0.292 e. The van der Waals surface area contributed by atoms with E-state index in [9.17, 15) is 4.79 Å². The van der Waals surface area contributed by atoms with E-state index in [0.717, 1.165) is 5.56 Å². The molecule has 1 aliphatic rings. The Bertz CT molecular complexity index is 1550. The van der Waals surface area contributed by atoms with Gasteiger partial charge in [0.05, 0.1) is 30.5 Å². The summed E-state index contributed by atoms with van der Waals surface area (Å²) in [6, 6.07) is 11.7. The van der Waals surface area contributed by atoms with Crippen molar-refractivity contribution in [2.75, 3.05) is 38.6 Å². The maximum absolute atomic E-state index is 13.4. The first-order valence-electron chi connectivity index (χ1n) is 13.2. The number of rotatable bonds is 11. The third kappa shape index (κ3) is 6.92. The van der Waals surface area contributed by atoms with Gasteiger partial charge in [-0.2, -0.15) is 9.78 Å². The molecule has 0 aliphatic carbocycles. The van der Waals surface area contributed by atoms with Gasteiger partial charge in [0.2, 0.25) is 11.6 Å². The van der Waals surface area contributed by atoms with Crippen LogP contribution in [0.4, 0.5) is 5.82 Å². The smallest absolute Gasteiger partial charge is 0.292 e. The molecule has 0 atom stereocenters. The fourth-order valence-electron chi connectivity index (χ4n) is 4.23. The Labute approximate surface area is 249 Å². The zero-order valence-electron chi connectivity index (χ0n) is 23.1. The number of aryl methyl sites for hydroxylation is 1. The number of nitrogens with one attached hydrogen (secondary N) is 1. The summed E-state index contributed by atoms with van der Waals surface area (Å²) in [5.41, 5.74) is 11.8. The van der Waals surface area contributed by atoms with Gasteiger partial charge in [0.15, 0.2) is 17.2 Å². The van der Waals surface area contributed by atoms with Gasteiger partial charge in [0.25, 0.3) is 5.91 Å². The number of ether oxygens (including phenoxy) is 3. The number of aromatic nitrogens is 5. The first kappa shape index (κ1) is 29.2. The van der Waals surface area contributed by atoms with E-state index in [-0.39, 0.29) is 17.3 Å². The lowest BCUT2D eigenvalue weighted by Crippen LogP contribution is -2.36. The van der Waals surface area contributed by atoms with E-state index < -0.39 is 5.91 Å². The van der Waals surface area contributed by atoms with E-state index >= 15 is 0 Å². The molecule has 1 fully saturated rings. The number of hydrogen-bond donors (Lipinski definition) is 2. The molecule has 5 rings (SSSR count). The minimum Gasteiger partial charge on any atom is -0.490 e. The first-order chi connectivity index (χ1) is 20.4. The van der Waals surface area contributed by atoms with E-state index in [1.807, 2.05) is 44.2 Å². The van der Waals surface area contributed by atoms with Gasteiger partial charge in [-0.15, -0.1) is 5.10 Å². The molecule has 15 heteroatoms. The molecule has 14 nitrogen and oxygen atoms in total. The van der Waals surface area contributed by atoms with E-state index in [2.05, 4.69) is 52.0 Å². The van der Waals surface area contributed by atoms with Crippen LogP contribution in [-0.4, -0.2) is 75.2 Å². The molecule has 0 saturated carbocycles. The molecule has 0 bridgehead atoms. The van der Waals surface area contributed by atoms with Crippen molar-refractivity contribution < 1.29 is 23.6 Å². The fraction of sp³-hybridized carbons (Fsp3) is 0.333. The fourth-order valence-corrected chi connectivity index (χ4v) is 4.80. The lowest BCUT2D eigenvalue weighted by molar-refractivity contribution is 0.0335. The summed E-state index contributed by atoms with van der Waals surface area (Å²) in [6.07, 6.45) is 1.50. The number of hydrazone groups is 1. The number of amides is 1. The first-order valence-corrected chi connectivity index (χ1v) is 14.0. The average molecular weight is 640 g/mol. The molecule has 0 spiro atoms. The number of morpholine rings is 1. The van der Waals surface area contributed by atoms with Gasteiger partial charge in [-0.05, 0) is 63.4 Å². The van der Waals surface area contributed by atoms with E-state index in [4.69, 9.17) is 24.6 Å². The van der Waals surface area contributed by atoms with Gasteiger partial charge >= 0.3 is 0 Å². The highest BCUT2D eigenvalue weighted by Gasteiger charge is 2.26. The van der Waals surface area contributed by atoms with Gasteiger partial charge in [0.1, 0.15) is 12.3 Å². The van der Waals surface area contributed by atoms with Gasteiger partial charge < -0.3 is 19.9 Å². The second-order valence-corrected chi connectivity index (χ2v) is 10.2. The molecule has 2 aromatic heterocycles. The quantitative estimate of drug-likeness (QED) is 0.183. The predicted octanol–water partition coefficient (Wildman–Crippen LogP) is 2.88. The second kappa shape index (κ2) is 13.5. The number of anilines is 1. The lowest BCUT2D eigenvalue weighted by Gasteiger charge is -2.25. The molecule has 3 heterocycles. The Hall–Kier alpha value is -4.34. The highest BCUT2D eigenvalue weighted by Crippen LogP contribution is 2.37. The highest BCUT2D eigenvalue weighted by atomic mass is 79.9. The molecule has 0 unspecified atom stereocenters. The maximum atomic E-state index is 13.4. The topological polar surface area (TPSA) is 168 Å². The van der Waals surface area contributed by atoms with Crippen molar-refractivity contribution in [3.8, 4) is 17.3 Å². The summed E-state index contributed by atoms with van der Waals surface area (Å²) < 4.78 is 23.9. The number of benzene rings is 2. The highest BCUT2D eigenvalue weighted by molar-refractivity contribution is 9.10. The van der Waals surface area contributed by atoms with Crippen molar-refractivity contribution in [2.45, 2.75) is 27.0 Å². The minimum atomic E-state index is -0.566. The van der Waals surface area contributed by atoms with Crippen molar-refractivity contribution >= 4 is 33.9 Å². The van der Waals surface area contributed by atoms with Crippen LogP contribution in [0.3, 0.4) is 0 Å². The van der Waals surface area contributed by atoms with E-state index in [1.54, 1.807) is 6.07 Å². The molecule has 1 saturated heterocycles. The van der Waals surface area contributed by atoms with Crippen LogP contribution in [0, 0.1) is 6.92 Å². The number of hydrogen-bond acceptors (Lipinski definition) is 12. The number of carbonyl (C=O) groups excluding carboxylic acids is 1. The number of carbonyl (C=O) groups is 1.